The predicted molar refractivity (Wildman–Crippen MR) is 74.6 cm³/mol. The maximum atomic E-state index is 4.25. The lowest BCUT2D eigenvalue weighted by molar-refractivity contribution is 0.208. The summed E-state index contributed by atoms with van der Waals surface area (Å²) in [5.41, 5.74) is 2.34. The van der Waals surface area contributed by atoms with Gasteiger partial charge in [-0.3, -0.25) is 5.10 Å². The molecule has 1 saturated heterocycles. The average Bonchev–Trinajstić information content (AvgIpc) is 2.85. The molecule has 0 radical (unpaired) electrons. The van der Waals surface area contributed by atoms with Gasteiger partial charge in [0, 0.05) is 24.8 Å². The number of aryl methyl sites for hydroxylation is 1. The van der Waals surface area contributed by atoms with Crippen molar-refractivity contribution < 1.29 is 0 Å². The molecule has 4 heteroatoms. The minimum Gasteiger partial charge on any atom is -0.307 e. The molecule has 0 aliphatic carbocycles. The molecule has 1 unspecified atom stereocenters. The molecule has 2 rings (SSSR count). The zero-order valence-corrected chi connectivity index (χ0v) is 11.7. The van der Waals surface area contributed by atoms with E-state index in [1.54, 1.807) is 0 Å². The Hall–Kier alpha value is -0.870. The highest BCUT2D eigenvalue weighted by molar-refractivity contribution is 5.08. The SMILES string of the molecule is CCc1cc(CNC(C)CN2CCCCC2)[nH]n1. The van der Waals surface area contributed by atoms with Crippen molar-refractivity contribution in [1.82, 2.24) is 20.4 Å². The van der Waals surface area contributed by atoms with Crippen LogP contribution >= 0.6 is 0 Å². The van der Waals surface area contributed by atoms with E-state index in [4.69, 9.17) is 0 Å². The van der Waals surface area contributed by atoms with Gasteiger partial charge in [0.2, 0.25) is 0 Å². The van der Waals surface area contributed by atoms with Crippen LogP contribution in [-0.2, 0) is 13.0 Å². The molecule has 1 aromatic heterocycles. The molecule has 0 amide bonds. The van der Waals surface area contributed by atoms with Crippen molar-refractivity contribution in [2.45, 2.75) is 52.1 Å². The van der Waals surface area contributed by atoms with Crippen LogP contribution in [0.4, 0.5) is 0 Å². The third kappa shape index (κ3) is 4.10. The van der Waals surface area contributed by atoms with Gasteiger partial charge in [-0.2, -0.15) is 5.10 Å². The molecule has 1 aliphatic rings. The van der Waals surface area contributed by atoms with E-state index in [2.05, 4.69) is 40.3 Å². The number of nitrogens with zero attached hydrogens (tertiary/aromatic N) is 2. The lowest BCUT2D eigenvalue weighted by atomic mass is 10.1. The molecule has 1 aromatic rings. The fourth-order valence-corrected chi connectivity index (χ4v) is 2.56. The van der Waals surface area contributed by atoms with Gasteiger partial charge < -0.3 is 10.2 Å². The lowest BCUT2D eigenvalue weighted by Crippen LogP contribution is -2.41. The van der Waals surface area contributed by atoms with E-state index < -0.39 is 0 Å². The summed E-state index contributed by atoms with van der Waals surface area (Å²) in [6, 6.07) is 2.69. The van der Waals surface area contributed by atoms with E-state index in [-0.39, 0.29) is 0 Å². The van der Waals surface area contributed by atoms with Gasteiger partial charge in [-0.05, 0) is 45.3 Å². The van der Waals surface area contributed by atoms with Crippen molar-refractivity contribution in [3.05, 3.63) is 17.5 Å². The van der Waals surface area contributed by atoms with Gasteiger partial charge in [0.25, 0.3) is 0 Å². The molecule has 1 aliphatic heterocycles. The minimum atomic E-state index is 0.538. The molecule has 18 heavy (non-hydrogen) atoms. The number of hydrogen-bond donors (Lipinski definition) is 2. The number of piperidine rings is 1. The minimum absolute atomic E-state index is 0.538. The highest BCUT2D eigenvalue weighted by Gasteiger charge is 2.13. The van der Waals surface area contributed by atoms with Crippen LogP contribution in [0.5, 0.6) is 0 Å². The monoisotopic (exact) mass is 250 g/mol. The maximum Gasteiger partial charge on any atom is 0.0622 e. The Kier molecular flexibility index (Phi) is 5.20. The van der Waals surface area contributed by atoms with Crippen molar-refractivity contribution in [1.29, 1.82) is 0 Å². The van der Waals surface area contributed by atoms with Gasteiger partial charge in [0.15, 0.2) is 0 Å². The molecular formula is C14H26N4. The van der Waals surface area contributed by atoms with E-state index >= 15 is 0 Å². The lowest BCUT2D eigenvalue weighted by Gasteiger charge is -2.29. The highest BCUT2D eigenvalue weighted by Crippen LogP contribution is 2.09. The summed E-state index contributed by atoms with van der Waals surface area (Å²) < 4.78 is 0. The van der Waals surface area contributed by atoms with Crippen LogP contribution in [-0.4, -0.2) is 40.8 Å². The van der Waals surface area contributed by atoms with Crippen molar-refractivity contribution in [3.8, 4) is 0 Å². The van der Waals surface area contributed by atoms with Gasteiger partial charge in [-0.1, -0.05) is 13.3 Å². The van der Waals surface area contributed by atoms with Gasteiger partial charge in [0.1, 0.15) is 0 Å². The highest BCUT2D eigenvalue weighted by atomic mass is 15.2. The number of nitrogens with one attached hydrogen (secondary N) is 2. The molecule has 0 saturated carbocycles. The molecule has 102 valence electrons. The van der Waals surface area contributed by atoms with E-state index in [0.717, 1.165) is 25.2 Å². The molecule has 2 heterocycles. The third-order valence-corrected chi connectivity index (χ3v) is 3.67. The summed E-state index contributed by atoms with van der Waals surface area (Å²) in [5.74, 6) is 0. The Balaban J connectivity index is 1.68. The smallest absolute Gasteiger partial charge is 0.0622 e. The second kappa shape index (κ2) is 6.90. The Morgan fingerprint density at radius 1 is 1.39 bits per heavy atom. The summed E-state index contributed by atoms with van der Waals surface area (Å²) >= 11 is 0. The fourth-order valence-electron chi connectivity index (χ4n) is 2.56. The number of hydrogen-bond acceptors (Lipinski definition) is 3. The number of likely N-dealkylation sites (tertiary alicyclic amines) is 1. The summed E-state index contributed by atoms with van der Waals surface area (Å²) in [6.07, 6.45) is 5.15. The normalized spacial score (nSPS) is 19.0. The zero-order chi connectivity index (χ0) is 12.8. The van der Waals surface area contributed by atoms with Crippen LogP contribution in [0.15, 0.2) is 6.07 Å². The summed E-state index contributed by atoms with van der Waals surface area (Å²) in [4.78, 5) is 2.57. The Morgan fingerprint density at radius 3 is 2.83 bits per heavy atom. The summed E-state index contributed by atoms with van der Waals surface area (Å²) in [7, 11) is 0. The molecule has 0 aromatic carbocycles. The molecule has 2 N–H and O–H groups in total. The van der Waals surface area contributed by atoms with Crippen LogP contribution in [0.3, 0.4) is 0 Å². The molecule has 4 nitrogen and oxygen atoms in total. The molecule has 1 fully saturated rings. The van der Waals surface area contributed by atoms with Crippen molar-refractivity contribution in [3.63, 3.8) is 0 Å². The van der Waals surface area contributed by atoms with Crippen molar-refractivity contribution in [2.24, 2.45) is 0 Å². The first-order chi connectivity index (χ1) is 8.78. The predicted octanol–water partition coefficient (Wildman–Crippen LogP) is 1.94. The number of aromatic amines is 1. The quantitative estimate of drug-likeness (QED) is 0.811. The second-order valence-corrected chi connectivity index (χ2v) is 5.38. The van der Waals surface area contributed by atoms with E-state index in [1.807, 2.05) is 0 Å². The average molecular weight is 250 g/mol. The molecular weight excluding hydrogens is 224 g/mol. The third-order valence-electron chi connectivity index (χ3n) is 3.67. The van der Waals surface area contributed by atoms with Crippen LogP contribution in [0.1, 0.15) is 44.5 Å². The first-order valence-electron chi connectivity index (χ1n) is 7.27. The largest absolute Gasteiger partial charge is 0.307 e. The summed E-state index contributed by atoms with van der Waals surface area (Å²) in [5, 5.41) is 10.9. The molecule has 0 bridgehead atoms. The Labute approximate surface area is 110 Å². The van der Waals surface area contributed by atoms with Crippen LogP contribution in [0.2, 0.25) is 0 Å². The van der Waals surface area contributed by atoms with Crippen molar-refractivity contribution in [2.75, 3.05) is 19.6 Å². The van der Waals surface area contributed by atoms with Gasteiger partial charge in [-0.15, -0.1) is 0 Å². The standard InChI is InChI=1S/C14H26N4/c1-3-13-9-14(17-16-13)10-15-12(2)11-18-7-5-4-6-8-18/h9,12,15H,3-8,10-11H2,1-2H3,(H,16,17). The first-order valence-corrected chi connectivity index (χ1v) is 7.27. The van der Waals surface area contributed by atoms with Crippen LogP contribution < -0.4 is 5.32 Å². The Morgan fingerprint density at radius 2 is 2.17 bits per heavy atom. The number of H-pyrrole nitrogens is 1. The second-order valence-electron chi connectivity index (χ2n) is 5.38. The van der Waals surface area contributed by atoms with Gasteiger partial charge in [0.05, 0.1) is 5.69 Å². The Bertz CT molecular complexity index is 341. The summed E-state index contributed by atoms with van der Waals surface area (Å²) in [6.45, 7) is 9.00. The zero-order valence-electron chi connectivity index (χ0n) is 11.7. The van der Waals surface area contributed by atoms with Crippen LogP contribution in [0, 0.1) is 0 Å². The topological polar surface area (TPSA) is 44.0 Å². The van der Waals surface area contributed by atoms with E-state index in [9.17, 15) is 0 Å². The van der Waals surface area contributed by atoms with Gasteiger partial charge in [-0.25, -0.2) is 0 Å². The van der Waals surface area contributed by atoms with Crippen molar-refractivity contribution >= 4 is 0 Å². The number of rotatable bonds is 6. The fraction of sp³-hybridized carbons (Fsp3) is 0.786. The van der Waals surface area contributed by atoms with E-state index in [0.29, 0.717) is 6.04 Å². The first kappa shape index (κ1) is 13.6. The number of aromatic nitrogens is 2. The van der Waals surface area contributed by atoms with Gasteiger partial charge >= 0.3 is 0 Å². The van der Waals surface area contributed by atoms with Crippen LogP contribution in [0.25, 0.3) is 0 Å². The maximum absolute atomic E-state index is 4.25. The van der Waals surface area contributed by atoms with E-state index in [1.165, 1.54) is 38.0 Å². The molecule has 0 spiro atoms. The molecule has 1 atom stereocenters.